The number of hydrogen-bond donors (Lipinski definition) is 2. The van der Waals surface area contributed by atoms with Gasteiger partial charge in [0.05, 0.1) is 6.61 Å². The molecule has 0 aromatic rings. The zero-order chi connectivity index (χ0) is 16.7. The molecule has 23 heavy (non-hydrogen) atoms. The summed E-state index contributed by atoms with van der Waals surface area (Å²) in [4.78, 5) is 5.04. The van der Waals surface area contributed by atoms with Crippen molar-refractivity contribution in [1.82, 2.24) is 20.4 Å². The van der Waals surface area contributed by atoms with Crippen molar-refractivity contribution in [1.29, 1.82) is 0 Å². The number of nitrogens with zero attached hydrogens (tertiary/aromatic N) is 2. The van der Waals surface area contributed by atoms with Gasteiger partial charge >= 0.3 is 0 Å². The summed E-state index contributed by atoms with van der Waals surface area (Å²) in [6, 6.07) is 0.622. The van der Waals surface area contributed by atoms with Crippen molar-refractivity contribution in [3.63, 3.8) is 0 Å². The molecule has 2 bridgehead atoms. The van der Waals surface area contributed by atoms with Crippen LogP contribution in [0.5, 0.6) is 0 Å². The van der Waals surface area contributed by atoms with Crippen LogP contribution in [0.2, 0.25) is 0 Å². The molecule has 132 valence electrons. The summed E-state index contributed by atoms with van der Waals surface area (Å²) in [5.41, 5.74) is 0. The molecule has 3 aliphatic rings. The molecule has 0 spiro atoms. The number of methoxy groups -OCH3 is 1. The third-order valence-corrected chi connectivity index (χ3v) is 5.38. The summed E-state index contributed by atoms with van der Waals surface area (Å²) in [5.74, 6) is 1.66. The lowest BCUT2D eigenvalue weighted by molar-refractivity contribution is -0.00669. The minimum absolute atomic E-state index is 0.622. The van der Waals surface area contributed by atoms with E-state index in [1.165, 1.54) is 32.5 Å². The van der Waals surface area contributed by atoms with Crippen LogP contribution in [-0.4, -0.2) is 81.0 Å². The molecule has 0 aromatic carbocycles. The minimum atomic E-state index is 0.622. The fraction of sp³-hybridized carbons (Fsp3) is 0.824. The van der Waals surface area contributed by atoms with Gasteiger partial charge in [-0.1, -0.05) is 6.08 Å². The molecule has 1 unspecified atom stereocenters. The number of ether oxygens (including phenoxy) is 1. The quantitative estimate of drug-likeness (QED) is 0.370. The summed E-state index contributed by atoms with van der Waals surface area (Å²) in [6.45, 7) is 10.9. The first-order chi connectivity index (χ1) is 11.1. The van der Waals surface area contributed by atoms with Gasteiger partial charge in [0.1, 0.15) is 0 Å². The highest BCUT2D eigenvalue weighted by molar-refractivity contribution is 7.80. The summed E-state index contributed by atoms with van der Waals surface area (Å²) in [6.07, 6.45) is 4.63. The molecule has 5 nitrogen and oxygen atoms in total. The fourth-order valence-electron chi connectivity index (χ4n) is 3.90. The van der Waals surface area contributed by atoms with Crippen molar-refractivity contribution >= 4 is 17.3 Å². The van der Waals surface area contributed by atoms with E-state index in [1.54, 1.807) is 7.11 Å². The molecule has 3 fully saturated rings. The summed E-state index contributed by atoms with van der Waals surface area (Å²) < 4.78 is 5.02. The van der Waals surface area contributed by atoms with Gasteiger partial charge < -0.3 is 20.3 Å². The number of thiocarbonyl (C=S) groups is 1. The van der Waals surface area contributed by atoms with E-state index in [4.69, 9.17) is 17.0 Å². The lowest BCUT2D eigenvalue weighted by Gasteiger charge is -2.50. The van der Waals surface area contributed by atoms with Gasteiger partial charge in [0, 0.05) is 45.9 Å². The Morgan fingerprint density at radius 3 is 2.96 bits per heavy atom. The van der Waals surface area contributed by atoms with Crippen LogP contribution in [0.4, 0.5) is 0 Å². The van der Waals surface area contributed by atoms with Gasteiger partial charge in [0.2, 0.25) is 0 Å². The zero-order valence-electron chi connectivity index (χ0n) is 14.6. The lowest BCUT2D eigenvalue weighted by atomic mass is 9.75. The topological polar surface area (TPSA) is 39.8 Å². The van der Waals surface area contributed by atoms with E-state index < -0.39 is 0 Å². The zero-order valence-corrected chi connectivity index (χ0v) is 15.4. The molecule has 3 aliphatic heterocycles. The molecule has 3 heterocycles. The maximum Gasteiger partial charge on any atom is 0.166 e. The van der Waals surface area contributed by atoms with Crippen LogP contribution < -0.4 is 10.6 Å². The monoisotopic (exact) mass is 340 g/mol. The van der Waals surface area contributed by atoms with E-state index in [9.17, 15) is 0 Å². The predicted octanol–water partition coefficient (Wildman–Crippen LogP) is 0.925. The molecular weight excluding hydrogens is 308 g/mol. The largest absolute Gasteiger partial charge is 0.383 e. The van der Waals surface area contributed by atoms with E-state index >= 15 is 0 Å². The average molecular weight is 341 g/mol. The molecule has 2 N–H and O–H groups in total. The van der Waals surface area contributed by atoms with Crippen LogP contribution in [0.15, 0.2) is 12.7 Å². The third kappa shape index (κ3) is 5.71. The molecule has 3 saturated heterocycles. The first-order valence-corrected chi connectivity index (χ1v) is 9.09. The number of hydrogen-bond acceptors (Lipinski definition) is 4. The summed E-state index contributed by atoms with van der Waals surface area (Å²) in [7, 11) is 3.90. The molecule has 0 amide bonds. The molecule has 0 aromatic heterocycles. The minimum Gasteiger partial charge on any atom is -0.383 e. The summed E-state index contributed by atoms with van der Waals surface area (Å²) in [5, 5.41) is 7.29. The first kappa shape index (κ1) is 18.6. The Labute approximate surface area is 146 Å². The number of likely N-dealkylation sites (N-methyl/N-ethyl adjacent to an activating group) is 1. The second-order valence-corrected chi connectivity index (χ2v) is 7.24. The standard InChI is InChI=1S/C17H32N4OS/c1-4-7-20(2)12-15-13-21-8-5-14(15)10-16(21)11-19-17(23)18-6-9-22-3/h4,14-16H,1,5-13H2,2-3H3,(H2,18,19,23)/t14-,15-,16+/m0/s1. The van der Waals surface area contributed by atoms with Crippen LogP contribution in [0.25, 0.3) is 0 Å². The second kappa shape index (κ2) is 9.57. The Hall–Kier alpha value is -0.690. The summed E-state index contributed by atoms with van der Waals surface area (Å²) >= 11 is 5.32. The number of rotatable bonds is 9. The van der Waals surface area contributed by atoms with Crippen molar-refractivity contribution in [2.24, 2.45) is 11.8 Å². The van der Waals surface area contributed by atoms with Crippen LogP contribution in [-0.2, 0) is 4.74 Å². The Bertz CT molecular complexity index is 393. The Kier molecular flexibility index (Phi) is 7.76. The molecule has 4 atom stereocenters. The maximum absolute atomic E-state index is 5.32. The highest BCUT2D eigenvalue weighted by Crippen LogP contribution is 2.36. The number of fused-ring (bicyclic) bond motifs is 3. The van der Waals surface area contributed by atoms with Gasteiger partial charge in [0.15, 0.2) is 5.11 Å². The van der Waals surface area contributed by atoms with E-state index in [1.807, 2.05) is 6.08 Å². The lowest BCUT2D eigenvalue weighted by Crippen LogP contribution is -2.58. The van der Waals surface area contributed by atoms with Gasteiger partial charge in [-0.3, -0.25) is 4.90 Å². The Balaban J connectivity index is 1.72. The molecule has 0 saturated carbocycles. The van der Waals surface area contributed by atoms with Crippen molar-refractivity contribution in [3.05, 3.63) is 12.7 Å². The first-order valence-electron chi connectivity index (χ1n) is 8.68. The van der Waals surface area contributed by atoms with Crippen molar-refractivity contribution < 1.29 is 4.74 Å². The normalized spacial score (nSPS) is 29.5. The van der Waals surface area contributed by atoms with Crippen molar-refractivity contribution in [2.75, 3.05) is 60.0 Å². The van der Waals surface area contributed by atoms with Crippen LogP contribution in [0.3, 0.4) is 0 Å². The third-order valence-electron chi connectivity index (χ3n) is 5.09. The van der Waals surface area contributed by atoms with Crippen molar-refractivity contribution in [3.8, 4) is 0 Å². The second-order valence-electron chi connectivity index (χ2n) is 6.83. The van der Waals surface area contributed by atoms with E-state index in [2.05, 4.69) is 34.1 Å². The van der Waals surface area contributed by atoms with Crippen LogP contribution in [0, 0.1) is 11.8 Å². The Morgan fingerprint density at radius 1 is 1.48 bits per heavy atom. The van der Waals surface area contributed by atoms with E-state index in [0.717, 1.165) is 36.6 Å². The molecule has 6 heteroatoms. The van der Waals surface area contributed by atoms with Gasteiger partial charge in [-0.25, -0.2) is 0 Å². The van der Waals surface area contributed by atoms with Gasteiger partial charge in [-0.05, 0) is 50.5 Å². The highest BCUT2D eigenvalue weighted by atomic mass is 32.1. The van der Waals surface area contributed by atoms with Gasteiger partial charge in [0.25, 0.3) is 0 Å². The average Bonchev–Trinajstić information content (AvgIpc) is 2.54. The molecular formula is C17H32N4OS. The number of piperidine rings is 3. The fourth-order valence-corrected chi connectivity index (χ4v) is 4.09. The van der Waals surface area contributed by atoms with E-state index in [-0.39, 0.29) is 0 Å². The van der Waals surface area contributed by atoms with Gasteiger partial charge in [-0.15, -0.1) is 6.58 Å². The SMILES string of the molecule is C=CCN(C)C[C@H]1CN2CC[C@H]1C[C@@H]2CNC(=S)NCCOC. The van der Waals surface area contributed by atoms with Crippen molar-refractivity contribution in [2.45, 2.75) is 18.9 Å². The van der Waals surface area contributed by atoms with Gasteiger partial charge in [-0.2, -0.15) is 0 Å². The van der Waals surface area contributed by atoms with E-state index in [0.29, 0.717) is 12.6 Å². The molecule has 0 radical (unpaired) electrons. The highest BCUT2D eigenvalue weighted by Gasteiger charge is 2.39. The molecule has 0 aliphatic carbocycles. The number of nitrogens with one attached hydrogen (secondary N) is 2. The smallest absolute Gasteiger partial charge is 0.166 e. The predicted molar refractivity (Wildman–Crippen MR) is 99.7 cm³/mol. The molecule has 3 rings (SSSR count). The maximum atomic E-state index is 5.32. The van der Waals surface area contributed by atoms with Crippen LogP contribution in [0.1, 0.15) is 12.8 Å². The Morgan fingerprint density at radius 2 is 2.30 bits per heavy atom. The van der Waals surface area contributed by atoms with Crippen LogP contribution >= 0.6 is 12.2 Å².